The van der Waals surface area contributed by atoms with E-state index in [0.717, 1.165) is 24.5 Å². The molecule has 3 heteroatoms. The van der Waals surface area contributed by atoms with Gasteiger partial charge in [-0.15, -0.1) is 0 Å². The molecule has 2 nitrogen and oxygen atoms in total. The van der Waals surface area contributed by atoms with Gasteiger partial charge in [0.1, 0.15) is 0 Å². The van der Waals surface area contributed by atoms with E-state index in [2.05, 4.69) is 31.3 Å². The lowest BCUT2D eigenvalue weighted by Gasteiger charge is -2.32. The lowest BCUT2D eigenvalue weighted by Crippen LogP contribution is -2.40. The Labute approximate surface area is 121 Å². The Balaban J connectivity index is 1.87. The fourth-order valence-electron chi connectivity index (χ4n) is 2.76. The van der Waals surface area contributed by atoms with Crippen molar-refractivity contribution in [3.63, 3.8) is 0 Å². The molecule has 0 radical (unpaired) electrons. The predicted molar refractivity (Wildman–Crippen MR) is 80.7 cm³/mol. The predicted octanol–water partition coefficient (Wildman–Crippen LogP) is 4.34. The minimum atomic E-state index is 0.364. The molecule has 0 amide bonds. The highest BCUT2D eigenvalue weighted by atomic mass is 35.5. The van der Waals surface area contributed by atoms with Crippen LogP contribution in [-0.2, 0) is 4.74 Å². The molecule has 1 heterocycles. The normalized spacial score (nSPS) is 25.2. The maximum absolute atomic E-state index is 5.93. The highest BCUT2D eigenvalue weighted by Crippen LogP contribution is 2.22. The number of nitrogens with one attached hydrogen (secondary N) is 1. The first-order valence-electron chi connectivity index (χ1n) is 7.32. The quantitative estimate of drug-likeness (QED) is 0.867. The van der Waals surface area contributed by atoms with Crippen LogP contribution in [0.2, 0.25) is 5.02 Å². The van der Waals surface area contributed by atoms with Crippen molar-refractivity contribution < 1.29 is 4.74 Å². The van der Waals surface area contributed by atoms with E-state index in [9.17, 15) is 0 Å². The van der Waals surface area contributed by atoms with Crippen LogP contribution in [0.15, 0.2) is 24.3 Å². The van der Waals surface area contributed by atoms with Crippen molar-refractivity contribution >= 4 is 11.6 Å². The van der Waals surface area contributed by atoms with Crippen LogP contribution in [0.4, 0.5) is 0 Å². The molecule has 0 spiro atoms. The van der Waals surface area contributed by atoms with Gasteiger partial charge in [-0.05, 0) is 43.9 Å². The van der Waals surface area contributed by atoms with E-state index in [1.807, 2.05) is 12.1 Å². The topological polar surface area (TPSA) is 21.3 Å². The Bertz CT molecular complexity index is 377. The summed E-state index contributed by atoms with van der Waals surface area (Å²) in [7, 11) is 0. The fraction of sp³-hybridized carbons (Fsp3) is 0.625. The molecule has 1 aromatic rings. The molecule has 0 aromatic heterocycles. The van der Waals surface area contributed by atoms with E-state index in [4.69, 9.17) is 16.3 Å². The zero-order valence-corrected chi connectivity index (χ0v) is 12.6. The monoisotopic (exact) mass is 281 g/mol. The van der Waals surface area contributed by atoms with Crippen molar-refractivity contribution in [2.45, 2.75) is 57.7 Å². The number of rotatable bonds is 5. The van der Waals surface area contributed by atoms with Crippen molar-refractivity contribution in [1.29, 1.82) is 0 Å². The van der Waals surface area contributed by atoms with E-state index in [1.165, 1.54) is 18.4 Å². The molecular weight excluding hydrogens is 258 g/mol. The van der Waals surface area contributed by atoms with Crippen LogP contribution >= 0.6 is 11.6 Å². The van der Waals surface area contributed by atoms with Gasteiger partial charge < -0.3 is 10.1 Å². The number of hydrogen-bond acceptors (Lipinski definition) is 2. The van der Waals surface area contributed by atoms with Gasteiger partial charge in [-0.2, -0.15) is 0 Å². The van der Waals surface area contributed by atoms with Crippen LogP contribution in [-0.4, -0.2) is 18.8 Å². The van der Waals surface area contributed by atoms with Crippen molar-refractivity contribution in [3.05, 3.63) is 34.9 Å². The average Bonchev–Trinajstić information content (AvgIpc) is 2.40. The van der Waals surface area contributed by atoms with E-state index >= 15 is 0 Å². The van der Waals surface area contributed by atoms with E-state index in [0.29, 0.717) is 18.2 Å². The molecule has 1 N–H and O–H groups in total. The van der Waals surface area contributed by atoms with Gasteiger partial charge in [-0.25, -0.2) is 0 Å². The molecular formula is C16H24ClNO. The average molecular weight is 282 g/mol. The first-order chi connectivity index (χ1) is 9.19. The molecule has 1 aromatic carbocycles. The van der Waals surface area contributed by atoms with Crippen molar-refractivity contribution in [1.82, 2.24) is 5.32 Å². The summed E-state index contributed by atoms with van der Waals surface area (Å²) >= 11 is 5.93. The Kier molecular flexibility index (Phi) is 5.68. The molecule has 19 heavy (non-hydrogen) atoms. The van der Waals surface area contributed by atoms with E-state index < -0.39 is 0 Å². The molecule has 106 valence electrons. The van der Waals surface area contributed by atoms with Gasteiger partial charge in [-0.3, -0.25) is 0 Å². The molecule has 2 unspecified atom stereocenters. The van der Waals surface area contributed by atoms with E-state index in [1.54, 1.807) is 0 Å². The number of ether oxygens (including phenoxy) is 1. The third kappa shape index (κ3) is 4.48. The summed E-state index contributed by atoms with van der Waals surface area (Å²) in [5.74, 6) is 0. The number of hydrogen-bond donors (Lipinski definition) is 1. The highest BCUT2D eigenvalue weighted by Gasteiger charge is 2.23. The van der Waals surface area contributed by atoms with Gasteiger partial charge in [0.15, 0.2) is 0 Å². The summed E-state index contributed by atoms with van der Waals surface area (Å²) in [6.07, 6.45) is 5.05. The third-order valence-electron chi connectivity index (χ3n) is 3.83. The summed E-state index contributed by atoms with van der Waals surface area (Å²) < 4.78 is 5.79. The van der Waals surface area contributed by atoms with Gasteiger partial charge in [0, 0.05) is 23.7 Å². The van der Waals surface area contributed by atoms with Crippen LogP contribution in [0, 0.1) is 0 Å². The second-order valence-electron chi connectivity index (χ2n) is 5.44. The maximum Gasteiger partial charge on any atom is 0.0589 e. The smallest absolute Gasteiger partial charge is 0.0589 e. The van der Waals surface area contributed by atoms with Gasteiger partial charge >= 0.3 is 0 Å². The molecule has 1 saturated heterocycles. The Morgan fingerprint density at radius 1 is 1.37 bits per heavy atom. The zero-order chi connectivity index (χ0) is 13.7. The second-order valence-corrected chi connectivity index (χ2v) is 5.88. The van der Waals surface area contributed by atoms with Crippen molar-refractivity contribution in [3.8, 4) is 0 Å². The second kappa shape index (κ2) is 7.28. The lowest BCUT2D eigenvalue weighted by molar-refractivity contribution is -0.00472. The molecule has 2 rings (SSSR count). The lowest BCUT2D eigenvalue weighted by atomic mass is 9.98. The van der Waals surface area contributed by atoms with Crippen molar-refractivity contribution in [2.24, 2.45) is 0 Å². The van der Waals surface area contributed by atoms with Crippen molar-refractivity contribution in [2.75, 3.05) is 6.61 Å². The summed E-state index contributed by atoms with van der Waals surface area (Å²) in [4.78, 5) is 0. The third-order valence-corrected chi connectivity index (χ3v) is 4.09. The standard InChI is InChI=1S/C16H24ClNO/c1-3-4-16-11-15(9-10-19-16)18-12(2)13-5-7-14(17)8-6-13/h5-8,12,15-16,18H,3-4,9-11H2,1-2H3/t12-,15?,16?/m0/s1. The molecule has 1 aliphatic heterocycles. The summed E-state index contributed by atoms with van der Waals surface area (Å²) in [6.45, 7) is 5.32. The zero-order valence-electron chi connectivity index (χ0n) is 11.9. The molecule has 1 aliphatic rings. The minimum absolute atomic E-state index is 0.364. The maximum atomic E-state index is 5.93. The number of benzene rings is 1. The van der Waals surface area contributed by atoms with E-state index in [-0.39, 0.29) is 0 Å². The van der Waals surface area contributed by atoms with Gasteiger partial charge in [0.2, 0.25) is 0 Å². The molecule has 1 fully saturated rings. The fourth-order valence-corrected chi connectivity index (χ4v) is 2.88. The summed E-state index contributed by atoms with van der Waals surface area (Å²) in [6, 6.07) is 9.04. The first kappa shape index (κ1) is 14.8. The molecule has 3 atom stereocenters. The molecule has 0 aliphatic carbocycles. The van der Waals surface area contributed by atoms with Crippen LogP contribution in [0.1, 0.15) is 51.1 Å². The highest BCUT2D eigenvalue weighted by molar-refractivity contribution is 6.30. The Morgan fingerprint density at radius 2 is 2.11 bits per heavy atom. The van der Waals surface area contributed by atoms with Gasteiger partial charge in [-0.1, -0.05) is 37.1 Å². The Morgan fingerprint density at radius 3 is 2.79 bits per heavy atom. The molecule has 0 saturated carbocycles. The molecule has 0 bridgehead atoms. The minimum Gasteiger partial charge on any atom is -0.378 e. The van der Waals surface area contributed by atoms with Crippen LogP contribution in [0.3, 0.4) is 0 Å². The number of halogens is 1. The largest absolute Gasteiger partial charge is 0.378 e. The van der Waals surface area contributed by atoms with Gasteiger partial charge in [0.25, 0.3) is 0 Å². The van der Waals surface area contributed by atoms with Crippen LogP contribution in [0.5, 0.6) is 0 Å². The SMILES string of the molecule is CCCC1CC(N[C@@H](C)c2ccc(Cl)cc2)CCO1. The summed E-state index contributed by atoms with van der Waals surface area (Å²) in [5, 5.41) is 4.52. The Hall–Kier alpha value is -0.570. The van der Waals surface area contributed by atoms with Gasteiger partial charge in [0.05, 0.1) is 6.10 Å². The van der Waals surface area contributed by atoms with Crippen LogP contribution < -0.4 is 5.32 Å². The van der Waals surface area contributed by atoms with Crippen LogP contribution in [0.25, 0.3) is 0 Å². The summed E-state index contributed by atoms with van der Waals surface area (Å²) in [5.41, 5.74) is 1.29. The first-order valence-corrected chi connectivity index (χ1v) is 7.70.